The predicted molar refractivity (Wildman–Crippen MR) is 95.7 cm³/mol. The maximum absolute atomic E-state index is 12.6. The highest BCUT2D eigenvalue weighted by Crippen LogP contribution is 2.52. The summed E-state index contributed by atoms with van der Waals surface area (Å²) in [5, 5.41) is 0. The molecule has 2 bridgehead atoms. The number of rotatable bonds is 3. The lowest BCUT2D eigenvalue weighted by atomic mass is 9.65. The highest BCUT2D eigenvalue weighted by molar-refractivity contribution is 9.10. The van der Waals surface area contributed by atoms with E-state index >= 15 is 0 Å². The van der Waals surface area contributed by atoms with Gasteiger partial charge in [-0.1, -0.05) is 36.7 Å². The van der Waals surface area contributed by atoms with Crippen LogP contribution in [0.25, 0.3) is 0 Å². The van der Waals surface area contributed by atoms with Crippen molar-refractivity contribution in [1.29, 1.82) is 0 Å². The van der Waals surface area contributed by atoms with Crippen molar-refractivity contribution in [1.82, 2.24) is 4.90 Å². The van der Waals surface area contributed by atoms with Gasteiger partial charge in [0.2, 0.25) is 0 Å². The van der Waals surface area contributed by atoms with Crippen molar-refractivity contribution in [2.75, 3.05) is 13.2 Å². The summed E-state index contributed by atoms with van der Waals surface area (Å²) in [6.07, 6.45) is 3.22. The molecule has 2 aliphatic rings. The minimum atomic E-state index is -0.454. The van der Waals surface area contributed by atoms with Crippen LogP contribution in [0, 0.1) is 10.8 Å². The highest BCUT2D eigenvalue weighted by atomic mass is 79.9. The van der Waals surface area contributed by atoms with E-state index < -0.39 is 5.97 Å². The monoisotopic (exact) mass is 393 g/mol. The van der Waals surface area contributed by atoms with Crippen LogP contribution in [0.15, 0.2) is 28.7 Å². The molecule has 2 atom stereocenters. The molecular weight excluding hydrogens is 370 g/mol. The molecule has 130 valence electrons. The number of hydrogen-bond donors (Lipinski definition) is 0. The van der Waals surface area contributed by atoms with E-state index in [9.17, 15) is 9.59 Å². The molecule has 1 heterocycles. The molecule has 0 aromatic heterocycles. The van der Waals surface area contributed by atoms with Gasteiger partial charge in [0, 0.05) is 17.1 Å². The number of esters is 1. The Balaban J connectivity index is 1.60. The standard InChI is InChI=1S/C19H24BrNO3/c1-18(2)8-15-9-19(3,11-18)12-21(15)16(22)10-24-17(23)13-4-6-14(20)7-5-13/h4-7,15H,8-12H2,1-3H3. The van der Waals surface area contributed by atoms with E-state index in [0.717, 1.165) is 30.3 Å². The molecule has 4 nitrogen and oxygen atoms in total. The first kappa shape index (κ1) is 17.5. The average molecular weight is 394 g/mol. The maximum Gasteiger partial charge on any atom is 0.338 e. The quantitative estimate of drug-likeness (QED) is 0.728. The number of benzene rings is 1. The molecule has 3 rings (SSSR count). The van der Waals surface area contributed by atoms with Crippen molar-refractivity contribution in [3.05, 3.63) is 34.3 Å². The zero-order valence-corrected chi connectivity index (χ0v) is 16.1. The summed E-state index contributed by atoms with van der Waals surface area (Å²) in [5.74, 6) is -0.531. The fourth-order valence-corrected chi connectivity index (χ4v) is 4.90. The fraction of sp³-hybridized carbons (Fsp3) is 0.579. The Hall–Kier alpha value is -1.36. The Morgan fingerprint density at radius 1 is 1.21 bits per heavy atom. The zero-order chi connectivity index (χ0) is 17.5. The summed E-state index contributed by atoms with van der Waals surface area (Å²) in [6.45, 7) is 7.41. The van der Waals surface area contributed by atoms with Gasteiger partial charge in [0.15, 0.2) is 6.61 Å². The van der Waals surface area contributed by atoms with Gasteiger partial charge in [0.25, 0.3) is 5.91 Å². The van der Waals surface area contributed by atoms with Gasteiger partial charge >= 0.3 is 5.97 Å². The van der Waals surface area contributed by atoms with Crippen LogP contribution in [0.2, 0.25) is 0 Å². The van der Waals surface area contributed by atoms with E-state index in [1.807, 2.05) is 4.90 Å². The highest BCUT2D eigenvalue weighted by Gasteiger charge is 2.50. The summed E-state index contributed by atoms with van der Waals surface area (Å²) in [6, 6.07) is 7.21. The molecule has 5 heteroatoms. The van der Waals surface area contributed by atoms with Gasteiger partial charge in [-0.25, -0.2) is 4.79 Å². The van der Waals surface area contributed by atoms with E-state index in [1.54, 1.807) is 24.3 Å². The second-order valence-corrected chi connectivity index (χ2v) is 9.23. The van der Waals surface area contributed by atoms with Crippen LogP contribution in [-0.2, 0) is 9.53 Å². The molecule has 1 amide bonds. The summed E-state index contributed by atoms with van der Waals surface area (Å²) in [5.41, 5.74) is 0.915. The first-order chi connectivity index (χ1) is 11.2. The normalized spacial score (nSPS) is 27.8. The molecule has 0 N–H and O–H groups in total. The Bertz CT molecular complexity index is 655. The van der Waals surface area contributed by atoms with Crippen LogP contribution < -0.4 is 0 Å². The minimum Gasteiger partial charge on any atom is -0.452 e. The van der Waals surface area contributed by atoms with E-state index in [-0.39, 0.29) is 29.4 Å². The minimum absolute atomic E-state index is 0.0770. The van der Waals surface area contributed by atoms with Gasteiger partial charge in [-0.05, 0) is 54.4 Å². The van der Waals surface area contributed by atoms with Crippen LogP contribution in [0.5, 0.6) is 0 Å². The Kier molecular flexibility index (Phi) is 4.49. The average Bonchev–Trinajstić information content (AvgIpc) is 2.74. The number of carbonyl (C=O) groups excluding carboxylic acids is 2. The van der Waals surface area contributed by atoms with Crippen LogP contribution in [-0.4, -0.2) is 36.0 Å². The molecule has 24 heavy (non-hydrogen) atoms. The molecule has 2 fully saturated rings. The topological polar surface area (TPSA) is 46.6 Å². The summed E-state index contributed by atoms with van der Waals surface area (Å²) < 4.78 is 6.13. The molecular formula is C19H24BrNO3. The van der Waals surface area contributed by atoms with Crippen molar-refractivity contribution in [2.24, 2.45) is 10.8 Å². The summed E-state index contributed by atoms with van der Waals surface area (Å²) in [4.78, 5) is 26.6. The molecule has 1 aliphatic carbocycles. The molecule has 2 unspecified atom stereocenters. The van der Waals surface area contributed by atoms with E-state index in [0.29, 0.717) is 5.56 Å². The first-order valence-corrected chi connectivity index (χ1v) is 9.19. The number of carbonyl (C=O) groups is 2. The molecule has 1 aromatic rings. The van der Waals surface area contributed by atoms with Gasteiger partial charge in [0.1, 0.15) is 0 Å². The lowest BCUT2D eigenvalue weighted by Gasteiger charge is -2.39. The van der Waals surface area contributed by atoms with Crippen LogP contribution >= 0.6 is 15.9 Å². The van der Waals surface area contributed by atoms with Gasteiger partial charge in [0.05, 0.1) is 5.56 Å². The summed E-state index contributed by atoms with van der Waals surface area (Å²) in [7, 11) is 0. The maximum atomic E-state index is 12.6. The van der Waals surface area contributed by atoms with Crippen LogP contribution in [0.3, 0.4) is 0 Å². The van der Waals surface area contributed by atoms with Gasteiger partial charge in [-0.2, -0.15) is 0 Å². The van der Waals surface area contributed by atoms with Crippen LogP contribution in [0.1, 0.15) is 50.4 Å². The first-order valence-electron chi connectivity index (χ1n) is 8.40. The number of fused-ring (bicyclic) bond motifs is 2. The lowest BCUT2D eigenvalue weighted by molar-refractivity contribution is -0.135. The lowest BCUT2D eigenvalue weighted by Crippen LogP contribution is -2.39. The third-order valence-corrected chi connectivity index (χ3v) is 5.67. The van der Waals surface area contributed by atoms with Crippen LogP contribution in [0.4, 0.5) is 0 Å². The number of amides is 1. The summed E-state index contributed by atoms with van der Waals surface area (Å²) >= 11 is 3.33. The number of hydrogen-bond acceptors (Lipinski definition) is 3. The molecule has 1 aliphatic heterocycles. The van der Waals surface area contributed by atoms with Crippen molar-refractivity contribution in [3.63, 3.8) is 0 Å². The third kappa shape index (κ3) is 3.66. The number of likely N-dealkylation sites (tertiary alicyclic amines) is 1. The second-order valence-electron chi connectivity index (χ2n) is 8.32. The predicted octanol–water partition coefficient (Wildman–Crippen LogP) is 4.03. The smallest absolute Gasteiger partial charge is 0.338 e. The van der Waals surface area contributed by atoms with E-state index in [1.165, 1.54) is 0 Å². The molecule has 1 aromatic carbocycles. The second kappa shape index (κ2) is 6.17. The fourth-order valence-electron chi connectivity index (χ4n) is 4.63. The molecule has 1 saturated carbocycles. The van der Waals surface area contributed by atoms with Gasteiger partial charge in [-0.3, -0.25) is 4.79 Å². The van der Waals surface area contributed by atoms with Crippen molar-refractivity contribution >= 4 is 27.8 Å². The number of halogens is 1. The Morgan fingerprint density at radius 3 is 2.54 bits per heavy atom. The Morgan fingerprint density at radius 2 is 1.88 bits per heavy atom. The third-order valence-electron chi connectivity index (χ3n) is 5.14. The Labute approximate surface area is 151 Å². The number of nitrogens with zero attached hydrogens (tertiary/aromatic N) is 1. The van der Waals surface area contributed by atoms with Gasteiger partial charge < -0.3 is 9.64 Å². The van der Waals surface area contributed by atoms with E-state index in [4.69, 9.17) is 4.74 Å². The van der Waals surface area contributed by atoms with Gasteiger partial charge in [-0.15, -0.1) is 0 Å². The molecule has 1 saturated heterocycles. The molecule has 0 spiro atoms. The van der Waals surface area contributed by atoms with Crippen molar-refractivity contribution in [2.45, 2.75) is 46.1 Å². The SMILES string of the molecule is CC1(C)CC2CC(C)(CN2C(=O)COC(=O)c2ccc(Br)cc2)C1. The largest absolute Gasteiger partial charge is 0.452 e. The van der Waals surface area contributed by atoms with Crippen molar-refractivity contribution in [3.8, 4) is 0 Å². The zero-order valence-electron chi connectivity index (χ0n) is 14.5. The van der Waals surface area contributed by atoms with Crippen molar-refractivity contribution < 1.29 is 14.3 Å². The molecule has 0 radical (unpaired) electrons. The number of ether oxygens (including phenoxy) is 1. The van der Waals surface area contributed by atoms with E-state index in [2.05, 4.69) is 36.7 Å².